The Kier molecular flexibility index (Phi) is 7.73. The molecule has 0 atom stereocenters. The van der Waals surface area contributed by atoms with Gasteiger partial charge in [-0.2, -0.15) is 5.10 Å². The molecule has 0 aliphatic heterocycles. The third-order valence-corrected chi connectivity index (χ3v) is 4.91. The number of likely N-dealkylation sites (N-methyl/N-ethyl adjacent to an activating group) is 1. The summed E-state index contributed by atoms with van der Waals surface area (Å²) in [6.45, 7) is 3.52. The number of rotatable bonds is 9. The maximum Gasteiger partial charge on any atom is 0.246 e. The van der Waals surface area contributed by atoms with Crippen molar-refractivity contribution in [1.82, 2.24) is 14.7 Å². The number of amides is 1. The van der Waals surface area contributed by atoms with Crippen LogP contribution in [0.3, 0.4) is 0 Å². The van der Waals surface area contributed by atoms with Crippen molar-refractivity contribution in [3.63, 3.8) is 0 Å². The summed E-state index contributed by atoms with van der Waals surface area (Å²) in [7, 11) is 3.31. The molecule has 0 N–H and O–H groups in total. The lowest BCUT2D eigenvalue weighted by Gasteiger charge is -2.14. The number of methoxy groups -OCH3 is 1. The van der Waals surface area contributed by atoms with E-state index in [1.54, 1.807) is 43.5 Å². The van der Waals surface area contributed by atoms with Gasteiger partial charge in [-0.1, -0.05) is 41.9 Å². The van der Waals surface area contributed by atoms with Gasteiger partial charge in [0.25, 0.3) is 0 Å². The zero-order chi connectivity index (χ0) is 22.2. The van der Waals surface area contributed by atoms with E-state index in [4.69, 9.17) is 21.1 Å². The lowest BCUT2D eigenvalue weighted by molar-refractivity contribution is -0.125. The van der Waals surface area contributed by atoms with E-state index < -0.39 is 0 Å². The van der Waals surface area contributed by atoms with Gasteiger partial charge in [0, 0.05) is 31.4 Å². The van der Waals surface area contributed by atoms with Gasteiger partial charge in [-0.25, -0.2) is 0 Å². The molecule has 7 heteroatoms. The van der Waals surface area contributed by atoms with Crippen LogP contribution in [0.25, 0.3) is 6.08 Å². The molecule has 6 nitrogen and oxygen atoms in total. The summed E-state index contributed by atoms with van der Waals surface area (Å²) >= 11 is 6.29. The van der Waals surface area contributed by atoms with Gasteiger partial charge in [-0.05, 0) is 36.3 Å². The maximum atomic E-state index is 12.6. The third kappa shape index (κ3) is 6.12. The van der Waals surface area contributed by atoms with Crippen molar-refractivity contribution in [2.24, 2.45) is 0 Å². The van der Waals surface area contributed by atoms with Crippen molar-refractivity contribution in [2.45, 2.75) is 20.0 Å². The fourth-order valence-corrected chi connectivity index (χ4v) is 3.39. The maximum absolute atomic E-state index is 12.6. The molecule has 0 aliphatic rings. The van der Waals surface area contributed by atoms with Crippen LogP contribution >= 0.6 is 11.6 Å². The molecule has 0 fully saturated rings. The van der Waals surface area contributed by atoms with E-state index in [9.17, 15) is 4.79 Å². The summed E-state index contributed by atoms with van der Waals surface area (Å²) in [6.07, 6.45) is 6.97. The molecule has 162 valence electrons. The Morgan fingerprint density at radius 3 is 2.71 bits per heavy atom. The van der Waals surface area contributed by atoms with E-state index in [2.05, 4.69) is 17.2 Å². The molecule has 0 saturated heterocycles. The van der Waals surface area contributed by atoms with Crippen molar-refractivity contribution in [3.05, 3.63) is 82.6 Å². The second-order valence-electron chi connectivity index (χ2n) is 7.03. The highest BCUT2D eigenvalue weighted by Gasteiger charge is 2.12. The average molecular weight is 440 g/mol. The zero-order valence-corrected chi connectivity index (χ0v) is 18.7. The Balaban J connectivity index is 1.62. The zero-order valence-electron chi connectivity index (χ0n) is 17.9. The Morgan fingerprint density at radius 1 is 1.23 bits per heavy atom. The first-order chi connectivity index (χ1) is 15.0. The van der Waals surface area contributed by atoms with E-state index in [0.717, 1.165) is 11.1 Å². The normalized spacial score (nSPS) is 11.0. The Labute approximate surface area is 187 Å². The molecule has 3 aromatic rings. The second kappa shape index (κ2) is 10.7. The number of carbonyl (C=O) groups is 1. The first-order valence-corrected chi connectivity index (χ1v) is 10.4. The number of benzene rings is 2. The van der Waals surface area contributed by atoms with E-state index in [1.165, 1.54) is 11.6 Å². The van der Waals surface area contributed by atoms with Gasteiger partial charge in [-0.3, -0.25) is 9.48 Å². The number of hydrogen-bond donors (Lipinski definition) is 0. The Hall–Kier alpha value is -3.25. The standard InChI is InChI=1S/C24H26ClN3O3/c1-4-31-24-21(25)12-19(13-22(24)30-3)10-11-23(29)27(2)15-20-14-26-28(17-20)16-18-8-6-5-7-9-18/h5-14,17H,4,15-16H2,1-3H3/b11-10+. The lowest BCUT2D eigenvalue weighted by Crippen LogP contribution is -2.23. The van der Waals surface area contributed by atoms with Gasteiger partial charge < -0.3 is 14.4 Å². The monoisotopic (exact) mass is 439 g/mol. The van der Waals surface area contributed by atoms with Crippen LogP contribution in [-0.2, 0) is 17.9 Å². The number of aromatic nitrogens is 2. The molecular weight excluding hydrogens is 414 g/mol. The average Bonchev–Trinajstić information content (AvgIpc) is 3.20. The molecule has 0 radical (unpaired) electrons. The summed E-state index contributed by atoms with van der Waals surface area (Å²) in [5.74, 6) is 0.903. The predicted molar refractivity (Wildman–Crippen MR) is 122 cm³/mol. The quantitative estimate of drug-likeness (QED) is 0.455. The molecule has 0 unspecified atom stereocenters. The molecular formula is C24H26ClN3O3. The van der Waals surface area contributed by atoms with Crippen LogP contribution in [0.4, 0.5) is 0 Å². The van der Waals surface area contributed by atoms with Gasteiger partial charge in [0.2, 0.25) is 5.91 Å². The minimum absolute atomic E-state index is 0.125. The number of halogens is 1. The molecule has 0 bridgehead atoms. The van der Waals surface area contributed by atoms with Crippen LogP contribution in [0.5, 0.6) is 11.5 Å². The first-order valence-electron chi connectivity index (χ1n) is 9.99. The molecule has 1 amide bonds. The highest BCUT2D eigenvalue weighted by Crippen LogP contribution is 2.36. The van der Waals surface area contributed by atoms with Crippen LogP contribution in [0.2, 0.25) is 5.02 Å². The van der Waals surface area contributed by atoms with E-state index in [1.807, 2.05) is 36.0 Å². The molecule has 0 spiro atoms. The molecule has 1 aromatic heterocycles. The van der Waals surface area contributed by atoms with Crippen molar-refractivity contribution in [1.29, 1.82) is 0 Å². The minimum atomic E-state index is -0.125. The highest BCUT2D eigenvalue weighted by molar-refractivity contribution is 6.32. The highest BCUT2D eigenvalue weighted by atomic mass is 35.5. The van der Waals surface area contributed by atoms with Gasteiger partial charge in [0.1, 0.15) is 0 Å². The van der Waals surface area contributed by atoms with E-state index in [0.29, 0.717) is 36.2 Å². The SMILES string of the molecule is CCOc1c(Cl)cc(/C=C/C(=O)N(C)Cc2cnn(Cc3ccccc3)c2)cc1OC. The van der Waals surface area contributed by atoms with Crippen LogP contribution in [-0.4, -0.2) is 41.4 Å². The van der Waals surface area contributed by atoms with Crippen molar-refractivity contribution < 1.29 is 14.3 Å². The molecule has 0 saturated carbocycles. The Morgan fingerprint density at radius 2 is 2.00 bits per heavy atom. The molecule has 31 heavy (non-hydrogen) atoms. The third-order valence-electron chi connectivity index (χ3n) is 4.63. The Bertz CT molecular complexity index is 1050. The van der Waals surface area contributed by atoms with Crippen molar-refractivity contribution in [3.8, 4) is 11.5 Å². The summed E-state index contributed by atoms with van der Waals surface area (Å²) in [5, 5.41) is 4.83. The minimum Gasteiger partial charge on any atom is -0.493 e. The summed E-state index contributed by atoms with van der Waals surface area (Å²) in [6, 6.07) is 13.6. The topological polar surface area (TPSA) is 56.6 Å². The van der Waals surface area contributed by atoms with Crippen LogP contribution in [0.15, 0.2) is 60.9 Å². The largest absolute Gasteiger partial charge is 0.493 e. The van der Waals surface area contributed by atoms with Crippen LogP contribution in [0.1, 0.15) is 23.6 Å². The molecule has 2 aromatic carbocycles. The fraction of sp³-hybridized carbons (Fsp3) is 0.250. The van der Waals surface area contributed by atoms with Gasteiger partial charge in [0.15, 0.2) is 11.5 Å². The van der Waals surface area contributed by atoms with Gasteiger partial charge >= 0.3 is 0 Å². The van der Waals surface area contributed by atoms with Crippen LogP contribution in [0, 0.1) is 0 Å². The number of ether oxygens (including phenoxy) is 2. The fourth-order valence-electron chi connectivity index (χ4n) is 3.11. The van der Waals surface area contributed by atoms with Crippen LogP contribution < -0.4 is 9.47 Å². The summed E-state index contributed by atoms with van der Waals surface area (Å²) in [5.41, 5.74) is 2.89. The molecule has 3 rings (SSSR count). The number of nitrogens with zero attached hydrogens (tertiary/aromatic N) is 3. The molecule has 1 heterocycles. The first kappa shape index (κ1) is 22.4. The summed E-state index contributed by atoms with van der Waals surface area (Å²) < 4.78 is 12.7. The van der Waals surface area contributed by atoms with E-state index >= 15 is 0 Å². The van der Waals surface area contributed by atoms with Gasteiger partial charge in [-0.15, -0.1) is 0 Å². The lowest BCUT2D eigenvalue weighted by atomic mass is 10.2. The van der Waals surface area contributed by atoms with Crippen molar-refractivity contribution >= 4 is 23.6 Å². The number of hydrogen-bond acceptors (Lipinski definition) is 4. The predicted octanol–water partition coefficient (Wildman–Crippen LogP) is 4.66. The van der Waals surface area contributed by atoms with E-state index in [-0.39, 0.29) is 5.91 Å². The van der Waals surface area contributed by atoms with Crippen molar-refractivity contribution in [2.75, 3.05) is 20.8 Å². The molecule has 0 aliphatic carbocycles. The van der Waals surface area contributed by atoms with Gasteiger partial charge in [0.05, 0.1) is 31.5 Å². The smallest absolute Gasteiger partial charge is 0.246 e. The number of carbonyl (C=O) groups excluding carboxylic acids is 1. The second-order valence-corrected chi connectivity index (χ2v) is 7.43. The summed E-state index contributed by atoms with van der Waals surface area (Å²) in [4.78, 5) is 14.2.